The third kappa shape index (κ3) is 7.65. The van der Waals surface area contributed by atoms with E-state index in [4.69, 9.17) is 0 Å². The van der Waals surface area contributed by atoms with E-state index in [1.807, 2.05) is 55.1 Å². The second-order valence-electron chi connectivity index (χ2n) is 5.99. The summed E-state index contributed by atoms with van der Waals surface area (Å²) in [6, 6.07) is 12.8. The van der Waals surface area contributed by atoms with Crippen LogP contribution in [0.4, 0.5) is 0 Å². The monoisotopic (exact) mass is 318 g/mol. The molecular weight excluding hydrogens is 284 g/mol. The molecule has 3 heteroatoms. The normalized spacial score (nSPS) is 19.0. The van der Waals surface area contributed by atoms with E-state index in [0.717, 1.165) is 32.2 Å². The summed E-state index contributed by atoms with van der Waals surface area (Å²) in [7, 11) is 0. The molecule has 23 heavy (non-hydrogen) atoms. The van der Waals surface area contributed by atoms with Gasteiger partial charge < -0.3 is 4.90 Å². The SMILES string of the molecule is CC.CC(=O)N1CCN(C2CCCCC2)CC1.c1ccccc1. The van der Waals surface area contributed by atoms with Crippen LogP contribution in [0.1, 0.15) is 52.9 Å². The molecule has 1 aromatic carbocycles. The fourth-order valence-corrected chi connectivity index (χ4v) is 3.23. The Kier molecular flexibility index (Phi) is 10.4. The highest BCUT2D eigenvalue weighted by molar-refractivity contribution is 5.73. The second-order valence-corrected chi connectivity index (χ2v) is 5.99. The zero-order chi connectivity index (χ0) is 16.9. The molecule has 3 rings (SSSR count). The average molecular weight is 319 g/mol. The van der Waals surface area contributed by atoms with Crippen molar-refractivity contribution in [3.05, 3.63) is 36.4 Å². The van der Waals surface area contributed by atoms with E-state index in [2.05, 4.69) is 4.90 Å². The quantitative estimate of drug-likeness (QED) is 0.775. The van der Waals surface area contributed by atoms with Gasteiger partial charge in [-0.15, -0.1) is 0 Å². The molecule has 1 aliphatic heterocycles. The Morgan fingerprint density at radius 2 is 1.22 bits per heavy atom. The first kappa shape index (κ1) is 19.7. The number of benzene rings is 1. The molecule has 1 aliphatic carbocycles. The Hall–Kier alpha value is -1.35. The molecule has 0 N–H and O–H groups in total. The van der Waals surface area contributed by atoms with Crippen LogP contribution in [0, 0.1) is 0 Å². The molecule has 0 atom stereocenters. The smallest absolute Gasteiger partial charge is 0.219 e. The minimum absolute atomic E-state index is 0.235. The number of hydrogen-bond acceptors (Lipinski definition) is 2. The van der Waals surface area contributed by atoms with Gasteiger partial charge in [0.1, 0.15) is 0 Å². The largest absolute Gasteiger partial charge is 0.340 e. The minimum Gasteiger partial charge on any atom is -0.340 e. The van der Waals surface area contributed by atoms with Gasteiger partial charge in [0, 0.05) is 39.1 Å². The van der Waals surface area contributed by atoms with Gasteiger partial charge in [0.15, 0.2) is 0 Å². The van der Waals surface area contributed by atoms with Crippen LogP contribution in [0.5, 0.6) is 0 Å². The Bertz CT molecular complexity index is 367. The van der Waals surface area contributed by atoms with Gasteiger partial charge in [-0.3, -0.25) is 9.69 Å². The summed E-state index contributed by atoms with van der Waals surface area (Å²) >= 11 is 0. The Balaban J connectivity index is 0.000000276. The molecule has 3 nitrogen and oxygen atoms in total. The van der Waals surface area contributed by atoms with Crippen LogP contribution < -0.4 is 0 Å². The predicted octanol–water partition coefficient (Wildman–Crippen LogP) is 4.20. The van der Waals surface area contributed by atoms with Gasteiger partial charge in [0.25, 0.3) is 0 Å². The lowest BCUT2D eigenvalue weighted by Gasteiger charge is -2.40. The first-order chi connectivity index (χ1) is 11.3. The van der Waals surface area contributed by atoms with Crippen LogP contribution in [0.3, 0.4) is 0 Å². The molecule has 1 heterocycles. The van der Waals surface area contributed by atoms with Crippen molar-refractivity contribution >= 4 is 5.91 Å². The van der Waals surface area contributed by atoms with E-state index in [1.54, 1.807) is 6.92 Å². The van der Waals surface area contributed by atoms with Gasteiger partial charge in [0.05, 0.1) is 0 Å². The highest BCUT2D eigenvalue weighted by Gasteiger charge is 2.25. The predicted molar refractivity (Wildman–Crippen MR) is 98.5 cm³/mol. The lowest BCUT2D eigenvalue weighted by molar-refractivity contribution is -0.131. The molecule has 0 unspecified atom stereocenters. The standard InChI is InChI=1S/C12H22N2O.C6H6.C2H6/c1-11(15)13-7-9-14(10-8-13)12-5-3-2-4-6-12;1-2-4-6-5-3-1;1-2/h12H,2-10H2,1H3;1-6H;1-2H3. The minimum atomic E-state index is 0.235. The Labute approximate surface area is 142 Å². The topological polar surface area (TPSA) is 23.6 Å². The zero-order valence-electron chi connectivity index (χ0n) is 15.2. The van der Waals surface area contributed by atoms with E-state index < -0.39 is 0 Å². The van der Waals surface area contributed by atoms with Crippen LogP contribution in [-0.4, -0.2) is 47.9 Å². The summed E-state index contributed by atoms with van der Waals surface area (Å²) in [6.07, 6.45) is 6.97. The number of nitrogens with zero attached hydrogens (tertiary/aromatic N) is 2. The second kappa shape index (κ2) is 12.1. The fourth-order valence-electron chi connectivity index (χ4n) is 3.23. The van der Waals surface area contributed by atoms with Crippen LogP contribution in [0.15, 0.2) is 36.4 Å². The van der Waals surface area contributed by atoms with Crippen LogP contribution >= 0.6 is 0 Å². The maximum Gasteiger partial charge on any atom is 0.219 e. The van der Waals surface area contributed by atoms with Crippen molar-refractivity contribution in [1.82, 2.24) is 9.80 Å². The molecule has 130 valence electrons. The van der Waals surface area contributed by atoms with Crippen LogP contribution in [-0.2, 0) is 4.79 Å². The molecule has 2 fully saturated rings. The molecule has 1 aromatic rings. The van der Waals surface area contributed by atoms with Crippen molar-refractivity contribution < 1.29 is 4.79 Å². The molecule has 0 bridgehead atoms. The number of carbonyl (C=O) groups excluding carboxylic acids is 1. The van der Waals surface area contributed by atoms with Crippen LogP contribution in [0.25, 0.3) is 0 Å². The maximum atomic E-state index is 11.2. The van der Waals surface area contributed by atoms with Crippen molar-refractivity contribution in [3.63, 3.8) is 0 Å². The first-order valence-electron chi connectivity index (χ1n) is 9.27. The molecule has 0 radical (unpaired) electrons. The van der Waals surface area contributed by atoms with E-state index >= 15 is 0 Å². The Morgan fingerprint density at radius 1 is 0.783 bits per heavy atom. The van der Waals surface area contributed by atoms with Gasteiger partial charge in [-0.05, 0) is 12.8 Å². The van der Waals surface area contributed by atoms with Crippen molar-refractivity contribution in [3.8, 4) is 0 Å². The van der Waals surface area contributed by atoms with Crippen molar-refractivity contribution in [2.45, 2.75) is 58.9 Å². The highest BCUT2D eigenvalue weighted by atomic mass is 16.2. The maximum absolute atomic E-state index is 11.2. The van der Waals surface area contributed by atoms with E-state index in [-0.39, 0.29) is 5.91 Å². The number of rotatable bonds is 1. The van der Waals surface area contributed by atoms with Gasteiger partial charge in [-0.2, -0.15) is 0 Å². The van der Waals surface area contributed by atoms with E-state index in [9.17, 15) is 4.79 Å². The van der Waals surface area contributed by atoms with Crippen molar-refractivity contribution in [2.75, 3.05) is 26.2 Å². The molecule has 2 aliphatic rings. The number of amides is 1. The van der Waals surface area contributed by atoms with Gasteiger partial charge in [-0.1, -0.05) is 69.5 Å². The summed E-state index contributed by atoms with van der Waals surface area (Å²) in [5, 5.41) is 0. The molecule has 0 spiro atoms. The summed E-state index contributed by atoms with van der Waals surface area (Å²) in [4.78, 5) is 15.8. The third-order valence-electron chi connectivity index (χ3n) is 4.52. The molecule has 0 aromatic heterocycles. The average Bonchev–Trinajstić information content (AvgIpc) is 2.66. The number of carbonyl (C=O) groups is 1. The first-order valence-corrected chi connectivity index (χ1v) is 9.27. The van der Waals surface area contributed by atoms with Crippen molar-refractivity contribution in [2.24, 2.45) is 0 Å². The number of piperazine rings is 1. The molecular formula is C20H34N2O. The number of hydrogen-bond donors (Lipinski definition) is 0. The van der Waals surface area contributed by atoms with Gasteiger partial charge in [-0.25, -0.2) is 0 Å². The summed E-state index contributed by atoms with van der Waals surface area (Å²) in [5.74, 6) is 0.235. The lowest BCUT2D eigenvalue weighted by atomic mass is 9.94. The van der Waals surface area contributed by atoms with Gasteiger partial charge in [0.2, 0.25) is 5.91 Å². The highest BCUT2D eigenvalue weighted by Crippen LogP contribution is 2.23. The van der Waals surface area contributed by atoms with E-state index in [1.165, 1.54) is 32.1 Å². The molecule has 1 saturated carbocycles. The van der Waals surface area contributed by atoms with Crippen LogP contribution in [0.2, 0.25) is 0 Å². The molecule has 1 saturated heterocycles. The zero-order valence-corrected chi connectivity index (χ0v) is 15.2. The summed E-state index contributed by atoms with van der Waals surface area (Å²) in [5.41, 5.74) is 0. The summed E-state index contributed by atoms with van der Waals surface area (Å²) < 4.78 is 0. The van der Waals surface area contributed by atoms with E-state index in [0.29, 0.717) is 0 Å². The lowest BCUT2D eigenvalue weighted by Crippen LogP contribution is -2.51. The Morgan fingerprint density at radius 3 is 1.61 bits per heavy atom. The van der Waals surface area contributed by atoms with Gasteiger partial charge >= 0.3 is 0 Å². The molecule has 1 amide bonds. The summed E-state index contributed by atoms with van der Waals surface area (Å²) in [6.45, 7) is 9.72. The third-order valence-corrected chi connectivity index (χ3v) is 4.52. The van der Waals surface area contributed by atoms with Crippen molar-refractivity contribution in [1.29, 1.82) is 0 Å². The fraction of sp³-hybridized carbons (Fsp3) is 0.650.